The molecule has 0 fully saturated rings. The zero-order valence-electron chi connectivity index (χ0n) is 11.5. The van der Waals surface area contributed by atoms with E-state index in [1.165, 1.54) is 10.5 Å². The average molecular weight is 282 g/mol. The summed E-state index contributed by atoms with van der Waals surface area (Å²) in [5, 5.41) is 12.6. The molecule has 0 spiro atoms. The first-order valence-corrected chi connectivity index (χ1v) is 7.87. The topological polar surface area (TPSA) is 35.8 Å². The van der Waals surface area contributed by atoms with E-state index in [-0.39, 0.29) is 6.04 Å². The molecule has 0 saturated carbocycles. The number of hydrogen-bond donors (Lipinski definition) is 1. The monoisotopic (exact) mass is 282 g/mol. The van der Waals surface area contributed by atoms with Gasteiger partial charge in [-0.25, -0.2) is 0 Å². The summed E-state index contributed by atoms with van der Waals surface area (Å²) in [4.78, 5) is 1.22. The van der Waals surface area contributed by atoms with Gasteiger partial charge in [0.15, 0.2) is 0 Å². The fourth-order valence-corrected chi connectivity index (χ4v) is 2.45. The molecule has 1 atom stereocenters. The Labute approximate surface area is 124 Å². The lowest BCUT2D eigenvalue weighted by Crippen LogP contribution is -2.22. The fourth-order valence-electron chi connectivity index (χ4n) is 2.04. The molecule has 0 heterocycles. The van der Waals surface area contributed by atoms with Crippen LogP contribution in [0.2, 0.25) is 0 Å². The second-order valence-corrected chi connectivity index (χ2v) is 5.40. The van der Waals surface area contributed by atoms with Crippen LogP contribution in [0.4, 0.5) is 0 Å². The molecule has 102 valence electrons. The van der Waals surface area contributed by atoms with Gasteiger partial charge in [-0.3, -0.25) is 5.32 Å². The van der Waals surface area contributed by atoms with Gasteiger partial charge >= 0.3 is 0 Å². The van der Waals surface area contributed by atoms with Crippen molar-refractivity contribution in [1.29, 1.82) is 5.26 Å². The lowest BCUT2D eigenvalue weighted by molar-refractivity contribution is 0.629. The van der Waals surface area contributed by atoms with Gasteiger partial charge in [-0.1, -0.05) is 42.5 Å². The summed E-state index contributed by atoms with van der Waals surface area (Å²) >= 11 is 1.71. The molecule has 1 unspecified atom stereocenters. The highest BCUT2D eigenvalue weighted by atomic mass is 32.2. The van der Waals surface area contributed by atoms with Crippen molar-refractivity contribution in [3.05, 3.63) is 65.7 Å². The van der Waals surface area contributed by atoms with Crippen molar-refractivity contribution in [2.45, 2.75) is 17.4 Å². The van der Waals surface area contributed by atoms with E-state index in [0.717, 1.165) is 18.5 Å². The van der Waals surface area contributed by atoms with Crippen LogP contribution in [0.25, 0.3) is 0 Å². The molecule has 2 aromatic rings. The zero-order chi connectivity index (χ0) is 14.2. The molecule has 0 aliphatic rings. The quantitative estimate of drug-likeness (QED) is 0.818. The molecule has 0 saturated heterocycles. The van der Waals surface area contributed by atoms with E-state index in [1.54, 1.807) is 11.8 Å². The maximum Gasteiger partial charge on any atom is 0.121 e. The van der Waals surface area contributed by atoms with E-state index in [9.17, 15) is 5.26 Å². The van der Waals surface area contributed by atoms with Crippen LogP contribution in [-0.4, -0.2) is 12.8 Å². The summed E-state index contributed by atoms with van der Waals surface area (Å²) in [7, 11) is 0. The lowest BCUT2D eigenvalue weighted by Gasteiger charge is -2.12. The summed E-state index contributed by atoms with van der Waals surface area (Å²) in [5.41, 5.74) is 2.31. The Morgan fingerprint density at radius 3 is 2.40 bits per heavy atom. The Kier molecular flexibility index (Phi) is 5.67. The van der Waals surface area contributed by atoms with Crippen LogP contribution in [0.3, 0.4) is 0 Å². The number of nitrogens with one attached hydrogen (secondary N) is 1. The smallest absolute Gasteiger partial charge is 0.121 e. The molecule has 0 bridgehead atoms. The number of rotatable bonds is 6. The van der Waals surface area contributed by atoms with Crippen molar-refractivity contribution < 1.29 is 0 Å². The molecule has 2 aromatic carbocycles. The highest BCUT2D eigenvalue weighted by molar-refractivity contribution is 7.98. The molecular weight excluding hydrogens is 264 g/mol. The first-order chi connectivity index (χ1) is 9.83. The molecule has 0 amide bonds. The molecule has 20 heavy (non-hydrogen) atoms. The van der Waals surface area contributed by atoms with Gasteiger partial charge in [0, 0.05) is 11.4 Å². The van der Waals surface area contributed by atoms with Crippen LogP contribution in [0.5, 0.6) is 0 Å². The molecule has 2 rings (SSSR count). The van der Waals surface area contributed by atoms with Crippen molar-refractivity contribution in [2.24, 2.45) is 0 Å². The molecule has 1 N–H and O–H groups in total. The van der Waals surface area contributed by atoms with Gasteiger partial charge in [0.05, 0.1) is 6.07 Å². The SMILES string of the molecule is CSc1ccc(C(C#N)NCCc2ccccc2)cc1. The molecule has 0 aromatic heterocycles. The summed E-state index contributed by atoms with van der Waals surface area (Å²) < 4.78 is 0. The first-order valence-electron chi connectivity index (χ1n) is 6.64. The van der Waals surface area contributed by atoms with Crippen molar-refractivity contribution >= 4 is 11.8 Å². The van der Waals surface area contributed by atoms with Crippen LogP contribution in [0.1, 0.15) is 17.2 Å². The molecule has 0 aliphatic carbocycles. The van der Waals surface area contributed by atoms with Crippen LogP contribution < -0.4 is 5.32 Å². The van der Waals surface area contributed by atoms with Crippen molar-refractivity contribution in [2.75, 3.05) is 12.8 Å². The van der Waals surface area contributed by atoms with Gasteiger partial charge in [-0.2, -0.15) is 5.26 Å². The van der Waals surface area contributed by atoms with Gasteiger partial charge in [-0.05, 0) is 35.9 Å². The van der Waals surface area contributed by atoms with Crippen molar-refractivity contribution in [1.82, 2.24) is 5.32 Å². The summed E-state index contributed by atoms with van der Waals surface area (Å²) in [6, 6.07) is 20.6. The maximum atomic E-state index is 9.29. The van der Waals surface area contributed by atoms with Crippen LogP contribution in [-0.2, 0) is 6.42 Å². The number of hydrogen-bond acceptors (Lipinski definition) is 3. The van der Waals surface area contributed by atoms with E-state index in [4.69, 9.17) is 0 Å². The molecule has 0 radical (unpaired) electrons. The molecule has 3 heteroatoms. The minimum Gasteiger partial charge on any atom is -0.298 e. The van der Waals surface area contributed by atoms with Crippen molar-refractivity contribution in [3.63, 3.8) is 0 Å². The van der Waals surface area contributed by atoms with E-state index in [1.807, 2.05) is 30.3 Å². The van der Waals surface area contributed by atoms with Crippen LogP contribution in [0, 0.1) is 11.3 Å². The molecular formula is C17H18N2S. The number of nitrogens with zero attached hydrogens (tertiary/aromatic N) is 1. The minimum absolute atomic E-state index is 0.241. The number of nitriles is 1. The molecule has 0 aliphatic heterocycles. The second-order valence-electron chi connectivity index (χ2n) is 4.52. The van der Waals surface area contributed by atoms with Crippen LogP contribution >= 0.6 is 11.8 Å². The third-order valence-corrected chi connectivity index (χ3v) is 3.93. The van der Waals surface area contributed by atoms with Gasteiger partial charge in [0.1, 0.15) is 6.04 Å². The Hall–Kier alpha value is -1.76. The normalized spacial score (nSPS) is 11.8. The number of benzene rings is 2. The molecule has 2 nitrogen and oxygen atoms in total. The Bertz CT molecular complexity index is 558. The van der Waals surface area contributed by atoms with Gasteiger partial charge in [0.25, 0.3) is 0 Å². The minimum atomic E-state index is -0.241. The van der Waals surface area contributed by atoms with Crippen molar-refractivity contribution in [3.8, 4) is 6.07 Å². The van der Waals surface area contributed by atoms with E-state index in [2.05, 4.69) is 41.9 Å². The zero-order valence-corrected chi connectivity index (χ0v) is 12.4. The maximum absolute atomic E-state index is 9.29. The third-order valence-electron chi connectivity index (χ3n) is 3.18. The third kappa shape index (κ3) is 4.12. The average Bonchev–Trinajstić information content (AvgIpc) is 2.53. The first kappa shape index (κ1) is 14.6. The second kappa shape index (κ2) is 7.74. The van der Waals surface area contributed by atoms with Gasteiger partial charge in [-0.15, -0.1) is 11.8 Å². The van der Waals surface area contributed by atoms with E-state index < -0.39 is 0 Å². The Balaban J connectivity index is 1.90. The van der Waals surface area contributed by atoms with Gasteiger partial charge < -0.3 is 0 Å². The Morgan fingerprint density at radius 1 is 1.10 bits per heavy atom. The lowest BCUT2D eigenvalue weighted by atomic mass is 10.1. The predicted octanol–water partition coefficient (Wildman–Crippen LogP) is 3.81. The summed E-state index contributed by atoms with van der Waals surface area (Å²) in [5.74, 6) is 0. The highest BCUT2D eigenvalue weighted by Crippen LogP contribution is 2.18. The van der Waals surface area contributed by atoms with E-state index >= 15 is 0 Å². The predicted molar refractivity (Wildman–Crippen MR) is 84.7 cm³/mol. The van der Waals surface area contributed by atoms with Crippen LogP contribution in [0.15, 0.2) is 59.5 Å². The Morgan fingerprint density at radius 2 is 1.80 bits per heavy atom. The largest absolute Gasteiger partial charge is 0.298 e. The fraction of sp³-hybridized carbons (Fsp3) is 0.235. The highest BCUT2D eigenvalue weighted by Gasteiger charge is 2.09. The number of thioether (sulfide) groups is 1. The standard InChI is InChI=1S/C17H18N2S/c1-20-16-9-7-15(8-10-16)17(13-18)19-12-11-14-5-3-2-4-6-14/h2-10,17,19H,11-12H2,1H3. The summed E-state index contributed by atoms with van der Waals surface area (Å²) in [6.07, 6.45) is 2.98. The van der Waals surface area contributed by atoms with E-state index in [0.29, 0.717) is 0 Å². The summed E-state index contributed by atoms with van der Waals surface area (Å²) in [6.45, 7) is 0.798. The van der Waals surface area contributed by atoms with Gasteiger partial charge in [0.2, 0.25) is 0 Å².